The molecule has 0 saturated carbocycles. The Hall–Kier alpha value is -2.85. The summed E-state index contributed by atoms with van der Waals surface area (Å²) in [6, 6.07) is 19.6. The van der Waals surface area contributed by atoms with Crippen LogP contribution >= 0.6 is 0 Å². The normalized spacial score (nSPS) is 10.9. The van der Waals surface area contributed by atoms with Crippen molar-refractivity contribution in [3.05, 3.63) is 84.2 Å². The highest BCUT2D eigenvalue weighted by atomic mass is 16.1. The summed E-state index contributed by atoms with van der Waals surface area (Å²) in [4.78, 5) is 14.9. The van der Waals surface area contributed by atoms with E-state index in [4.69, 9.17) is 0 Å². The minimum atomic E-state index is -0.0935. The molecule has 0 spiro atoms. The van der Waals surface area contributed by atoms with Crippen LogP contribution < -0.4 is 5.32 Å². The number of nitrogens with one attached hydrogen (secondary N) is 1. The highest BCUT2D eigenvalue weighted by Gasteiger charge is 2.08. The summed E-state index contributed by atoms with van der Waals surface area (Å²) >= 11 is 0. The average Bonchev–Trinajstić information content (AvgIpc) is 3.21. The molecular weight excluding hydrogens is 322 g/mol. The first kappa shape index (κ1) is 18.0. The number of nitrogens with zero attached hydrogens (tertiary/aromatic N) is 2. The second kappa shape index (κ2) is 8.50. The van der Waals surface area contributed by atoms with E-state index >= 15 is 0 Å². The molecule has 0 aliphatic heterocycles. The Bertz CT molecular complexity index is 834. The van der Waals surface area contributed by atoms with Gasteiger partial charge in [-0.15, -0.1) is 0 Å². The average molecular weight is 347 g/mol. The Morgan fingerprint density at radius 2 is 1.65 bits per heavy atom. The standard InChI is InChI=1S/C22H25N3O/c1-3-24(4-2)17-18-8-7-9-20(16-18)23-22(26)19-10-12-21(13-11-19)25-14-5-6-15-25/h5-16H,3-4,17H2,1-2H3,(H,23,26). The van der Waals surface area contributed by atoms with Crippen LogP contribution in [0.25, 0.3) is 5.69 Å². The molecule has 0 aliphatic carbocycles. The number of benzene rings is 2. The van der Waals surface area contributed by atoms with Gasteiger partial charge in [-0.05, 0) is 67.2 Å². The van der Waals surface area contributed by atoms with Crippen LogP contribution in [-0.2, 0) is 6.54 Å². The van der Waals surface area contributed by atoms with Crippen LogP contribution in [-0.4, -0.2) is 28.5 Å². The van der Waals surface area contributed by atoms with Crippen molar-refractivity contribution in [3.8, 4) is 5.69 Å². The molecule has 4 nitrogen and oxygen atoms in total. The van der Waals surface area contributed by atoms with Gasteiger partial charge in [0.15, 0.2) is 0 Å². The fraction of sp³-hybridized carbons (Fsp3) is 0.227. The molecule has 0 unspecified atom stereocenters. The van der Waals surface area contributed by atoms with Crippen molar-refractivity contribution in [1.82, 2.24) is 9.47 Å². The second-order valence-electron chi connectivity index (χ2n) is 6.25. The summed E-state index contributed by atoms with van der Waals surface area (Å²) in [7, 11) is 0. The predicted molar refractivity (Wildman–Crippen MR) is 107 cm³/mol. The molecule has 134 valence electrons. The van der Waals surface area contributed by atoms with Gasteiger partial charge in [-0.1, -0.05) is 26.0 Å². The first-order chi connectivity index (χ1) is 12.7. The van der Waals surface area contributed by atoms with Crippen LogP contribution in [0, 0.1) is 0 Å². The SMILES string of the molecule is CCN(CC)Cc1cccc(NC(=O)c2ccc(-n3cccc3)cc2)c1. The van der Waals surface area contributed by atoms with Gasteiger partial charge in [0, 0.05) is 35.9 Å². The van der Waals surface area contributed by atoms with E-state index in [2.05, 4.69) is 30.1 Å². The maximum Gasteiger partial charge on any atom is 0.255 e. The highest BCUT2D eigenvalue weighted by molar-refractivity contribution is 6.04. The van der Waals surface area contributed by atoms with Gasteiger partial charge in [0.05, 0.1) is 0 Å². The third-order valence-electron chi connectivity index (χ3n) is 4.52. The maximum absolute atomic E-state index is 12.5. The van der Waals surface area contributed by atoms with E-state index < -0.39 is 0 Å². The molecule has 0 saturated heterocycles. The first-order valence-corrected chi connectivity index (χ1v) is 9.05. The van der Waals surface area contributed by atoms with Gasteiger partial charge >= 0.3 is 0 Å². The van der Waals surface area contributed by atoms with Crippen molar-refractivity contribution < 1.29 is 4.79 Å². The van der Waals surface area contributed by atoms with Crippen LogP contribution in [0.3, 0.4) is 0 Å². The van der Waals surface area contributed by atoms with Gasteiger partial charge in [0.25, 0.3) is 5.91 Å². The van der Waals surface area contributed by atoms with E-state index in [-0.39, 0.29) is 5.91 Å². The summed E-state index contributed by atoms with van der Waals surface area (Å²) in [6.07, 6.45) is 3.97. The molecule has 26 heavy (non-hydrogen) atoms. The van der Waals surface area contributed by atoms with Crippen LogP contribution in [0.2, 0.25) is 0 Å². The second-order valence-corrected chi connectivity index (χ2v) is 6.25. The van der Waals surface area contributed by atoms with Gasteiger partial charge < -0.3 is 9.88 Å². The number of hydrogen-bond donors (Lipinski definition) is 1. The lowest BCUT2D eigenvalue weighted by atomic mass is 10.1. The number of aromatic nitrogens is 1. The molecule has 1 N–H and O–H groups in total. The maximum atomic E-state index is 12.5. The molecule has 1 aromatic heterocycles. The van der Waals surface area contributed by atoms with Crippen LogP contribution in [0.5, 0.6) is 0 Å². The van der Waals surface area contributed by atoms with Gasteiger partial charge in [0.2, 0.25) is 0 Å². The zero-order valence-electron chi connectivity index (χ0n) is 15.4. The third kappa shape index (κ3) is 4.41. The largest absolute Gasteiger partial charge is 0.324 e. The zero-order valence-corrected chi connectivity index (χ0v) is 15.4. The van der Waals surface area contributed by atoms with E-state index in [0.29, 0.717) is 5.56 Å². The number of amides is 1. The van der Waals surface area contributed by atoms with Crippen molar-refractivity contribution in [2.45, 2.75) is 20.4 Å². The monoisotopic (exact) mass is 347 g/mol. The summed E-state index contributed by atoms with van der Waals surface area (Å²) in [5.74, 6) is -0.0935. The summed E-state index contributed by atoms with van der Waals surface area (Å²) < 4.78 is 2.01. The Morgan fingerprint density at radius 3 is 2.31 bits per heavy atom. The highest BCUT2D eigenvalue weighted by Crippen LogP contribution is 2.15. The van der Waals surface area contributed by atoms with Crippen LogP contribution in [0.15, 0.2) is 73.1 Å². The number of carbonyl (C=O) groups excluding carboxylic acids is 1. The number of rotatable bonds is 7. The van der Waals surface area contributed by atoms with Gasteiger partial charge in [-0.3, -0.25) is 9.69 Å². The lowest BCUT2D eigenvalue weighted by Crippen LogP contribution is -2.22. The zero-order chi connectivity index (χ0) is 18.4. The molecule has 0 bridgehead atoms. The van der Waals surface area contributed by atoms with Crippen molar-refractivity contribution in [1.29, 1.82) is 0 Å². The van der Waals surface area contributed by atoms with Crippen molar-refractivity contribution in [2.24, 2.45) is 0 Å². The van der Waals surface area contributed by atoms with Gasteiger partial charge in [-0.25, -0.2) is 0 Å². The lowest BCUT2D eigenvalue weighted by Gasteiger charge is -2.18. The first-order valence-electron chi connectivity index (χ1n) is 9.05. The Labute approximate surface area is 155 Å². The number of anilines is 1. The Kier molecular flexibility index (Phi) is 5.87. The number of hydrogen-bond acceptors (Lipinski definition) is 2. The van der Waals surface area contributed by atoms with E-state index in [1.165, 1.54) is 5.56 Å². The minimum absolute atomic E-state index is 0.0935. The molecule has 1 heterocycles. The summed E-state index contributed by atoms with van der Waals surface area (Å²) in [5, 5.41) is 3.00. The Balaban J connectivity index is 1.68. The predicted octanol–water partition coefficient (Wildman–Crippen LogP) is 4.57. The molecule has 3 aromatic rings. The molecule has 3 rings (SSSR count). The van der Waals surface area contributed by atoms with Crippen LogP contribution in [0.4, 0.5) is 5.69 Å². The summed E-state index contributed by atoms with van der Waals surface area (Å²) in [5.41, 5.74) is 3.71. The minimum Gasteiger partial charge on any atom is -0.324 e. The fourth-order valence-electron chi connectivity index (χ4n) is 2.95. The van der Waals surface area contributed by atoms with E-state index in [1.54, 1.807) is 0 Å². The van der Waals surface area contributed by atoms with Crippen molar-refractivity contribution in [3.63, 3.8) is 0 Å². The van der Waals surface area contributed by atoms with Crippen molar-refractivity contribution in [2.75, 3.05) is 18.4 Å². The van der Waals surface area contributed by atoms with E-state index in [0.717, 1.165) is 31.0 Å². The lowest BCUT2D eigenvalue weighted by molar-refractivity contribution is 0.102. The Morgan fingerprint density at radius 1 is 0.962 bits per heavy atom. The topological polar surface area (TPSA) is 37.3 Å². The molecule has 1 amide bonds. The summed E-state index contributed by atoms with van der Waals surface area (Å²) in [6.45, 7) is 7.24. The van der Waals surface area contributed by atoms with Crippen LogP contribution in [0.1, 0.15) is 29.8 Å². The molecule has 0 atom stereocenters. The fourth-order valence-corrected chi connectivity index (χ4v) is 2.95. The van der Waals surface area contributed by atoms with E-state index in [1.807, 2.05) is 71.6 Å². The van der Waals surface area contributed by atoms with Crippen molar-refractivity contribution >= 4 is 11.6 Å². The number of carbonyl (C=O) groups is 1. The van der Waals surface area contributed by atoms with E-state index in [9.17, 15) is 4.79 Å². The van der Waals surface area contributed by atoms with Gasteiger partial charge in [0.1, 0.15) is 0 Å². The quantitative estimate of drug-likeness (QED) is 0.680. The van der Waals surface area contributed by atoms with Gasteiger partial charge in [-0.2, -0.15) is 0 Å². The third-order valence-corrected chi connectivity index (χ3v) is 4.52. The molecule has 0 fully saturated rings. The molecule has 0 aliphatic rings. The molecule has 2 aromatic carbocycles. The smallest absolute Gasteiger partial charge is 0.255 e. The molecule has 4 heteroatoms. The molecule has 0 radical (unpaired) electrons. The molecular formula is C22H25N3O.